The van der Waals surface area contributed by atoms with E-state index in [1.165, 1.54) is 0 Å². The zero-order valence-corrected chi connectivity index (χ0v) is 18.1. The number of hydrogen-bond donors (Lipinski definition) is 2. The van der Waals surface area contributed by atoms with Crippen LogP contribution in [0.15, 0.2) is 47.4 Å². The van der Waals surface area contributed by atoms with Gasteiger partial charge in [0.05, 0.1) is 11.4 Å². The van der Waals surface area contributed by atoms with Crippen LogP contribution in [0.1, 0.15) is 29.5 Å². The Morgan fingerprint density at radius 1 is 1.03 bits per heavy atom. The number of nitrogens with one attached hydrogen (secondary N) is 2. The largest absolute Gasteiger partial charge is 0.325 e. The number of amides is 1. The van der Waals surface area contributed by atoms with Crippen molar-refractivity contribution in [1.82, 2.24) is 9.62 Å². The molecule has 1 heterocycles. The molecule has 1 amide bonds. The minimum atomic E-state index is -3.57. The van der Waals surface area contributed by atoms with Crippen molar-refractivity contribution < 1.29 is 13.2 Å². The molecule has 0 bridgehead atoms. The SMILES string of the molecule is Cc1cc(C)c(S(=O)(=O)NC2CCN(CC(=O)Nc3ccccc3)CC2)c(C)c1. The lowest BCUT2D eigenvalue weighted by Crippen LogP contribution is -2.46. The lowest BCUT2D eigenvalue weighted by molar-refractivity contribution is -0.117. The third-order valence-electron chi connectivity index (χ3n) is 5.21. The van der Waals surface area contributed by atoms with Gasteiger partial charge < -0.3 is 5.32 Å². The van der Waals surface area contributed by atoms with Gasteiger partial charge in [0.2, 0.25) is 15.9 Å². The number of anilines is 1. The summed E-state index contributed by atoms with van der Waals surface area (Å²) < 4.78 is 28.7. The van der Waals surface area contributed by atoms with Crippen molar-refractivity contribution in [3.63, 3.8) is 0 Å². The van der Waals surface area contributed by atoms with Crippen LogP contribution in [0.4, 0.5) is 5.69 Å². The van der Waals surface area contributed by atoms with Crippen LogP contribution in [0, 0.1) is 20.8 Å². The highest BCUT2D eigenvalue weighted by Crippen LogP contribution is 2.23. The van der Waals surface area contributed by atoms with Gasteiger partial charge in [0.25, 0.3) is 0 Å². The third-order valence-corrected chi connectivity index (χ3v) is 7.03. The fourth-order valence-electron chi connectivity index (χ4n) is 4.00. The number of carbonyl (C=O) groups excluding carboxylic acids is 1. The lowest BCUT2D eigenvalue weighted by atomic mass is 10.1. The number of aryl methyl sites for hydroxylation is 3. The second kappa shape index (κ2) is 9.07. The average molecular weight is 416 g/mol. The Labute approximate surface area is 173 Å². The molecule has 156 valence electrons. The molecule has 2 N–H and O–H groups in total. The van der Waals surface area contributed by atoms with E-state index in [-0.39, 0.29) is 11.9 Å². The van der Waals surface area contributed by atoms with E-state index in [4.69, 9.17) is 0 Å². The highest BCUT2D eigenvalue weighted by molar-refractivity contribution is 7.89. The first-order valence-corrected chi connectivity index (χ1v) is 11.4. The molecule has 7 heteroatoms. The molecule has 3 rings (SSSR count). The molecule has 1 fully saturated rings. The van der Waals surface area contributed by atoms with Crippen LogP contribution in [-0.2, 0) is 14.8 Å². The van der Waals surface area contributed by atoms with Gasteiger partial charge in [-0.2, -0.15) is 0 Å². The van der Waals surface area contributed by atoms with Gasteiger partial charge in [0.1, 0.15) is 0 Å². The summed E-state index contributed by atoms with van der Waals surface area (Å²) in [6.45, 7) is 7.31. The Morgan fingerprint density at radius 2 is 1.62 bits per heavy atom. The van der Waals surface area contributed by atoms with Crippen LogP contribution >= 0.6 is 0 Å². The molecule has 0 saturated carbocycles. The van der Waals surface area contributed by atoms with E-state index in [0.717, 1.165) is 22.4 Å². The van der Waals surface area contributed by atoms with Crippen LogP contribution in [0.25, 0.3) is 0 Å². The first-order valence-electron chi connectivity index (χ1n) is 9.92. The molecule has 2 aromatic rings. The predicted molar refractivity (Wildman–Crippen MR) is 116 cm³/mol. The summed E-state index contributed by atoms with van der Waals surface area (Å²) >= 11 is 0. The molecule has 0 atom stereocenters. The number of nitrogens with zero attached hydrogens (tertiary/aromatic N) is 1. The van der Waals surface area contributed by atoms with Gasteiger partial charge in [0.15, 0.2) is 0 Å². The van der Waals surface area contributed by atoms with Gasteiger partial charge in [-0.1, -0.05) is 35.9 Å². The lowest BCUT2D eigenvalue weighted by Gasteiger charge is -2.32. The van der Waals surface area contributed by atoms with Crippen molar-refractivity contribution in [3.8, 4) is 0 Å². The minimum absolute atomic E-state index is 0.0545. The summed E-state index contributed by atoms with van der Waals surface area (Å²) in [6.07, 6.45) is 1.36. The maximum absolute atomic E-state index is 12.9. The number of likely N-dealkylation sites (tertiary alicyclic amines) is 1. The third kappa shape index (κ3) is 5.65. The monoisotopic (exact) mass is 415 g/mol. The van der Waals surface area contributed by atoms with Crippen molar-refractivity contribution in [1.29, 1.82) is 0 Å². The first-order chi connectivity index (χ1) is 13.7. The summed E-state index contributed by atoms with van der Waals surface area (Å²) in [5, 5.41) is 2.89. The molecule has 0 radical (unpaired) electrons. The maximum atomic E-state index is 12.9. The summed E-state index contributed by atoms with van der Waals surface area (Å²) in [5.41, 5.74) is 3.38. The van der Waals surface area contributed by atoms with Crippen molar-refractivity contribution in [2.75, 3.05) is 25.0 Å². The van der Waals surface area contributed by atoms with E-state index >= 15 is 0 Å². The Balaban J connectivity index is 1.54. The Bertz CT molecular complexity index is 943. The second-order valence-corrected chi connectivity index (χ2v) is 9.46. The number of sulfonamides is 1. The molecule has 0 spiro atoms. The molecule has 2 aromatic carbocycles. The smallest absolute Gasteiger partial charge is 0.241 e. The highest BCUT2D eigenvalue weighted by atomic mass is 32.2. The molecule has 6 nitrogen and oxygen atoms in total. The van der Waals surface area contributed by atoms with E-state index in [2.05, 4.69) is 14.9 Å². The maximum Gasteiger partial charge on any atom is 0.241 e. The van der Waals surface area contributed by atoms with Gasteiger partial charge in [0, 0.05) is 24.8 Å². The predicted octanol–water partition coefficient (Wildman–Crippen LogP) is 2.99. The van der Waals surface area contributed by atoms with Gasteiger partial charge >= 0.3 is 0 Å². The molecular weight excluding hydrogens is 386 g/mol. The van der Waals surface area contributed by atoms with Crippen molar-refractivity contribution in [2.45, 2.75) is 44.6 Å². The average Bonchev–Trinajstić information content (AvgIpc) is 2.62. The summed E-state index contributed by atoms with van der Waals surface area (Å²) in [5.74, 6) is -0.0545. The molecule has 0 unspecified atom stereocenters. The van der Waals surface area contributed by atoms with Crippen molar-refractivity contribution in [2.24, 2.45) is 0 Å². The topological polar surface area (TPSA) is 78.5 Å². The van der Waals surface area contributed by atoms with Crippen LogP contribution < -0.4 is 10.0 Å². The number of para-hydroxylation sites is 1. The van der Waals surface area contributed by atoms with Crippen LogP contribution in [0.2, 0.25) is 0 Å². The number of hydrogen-bond acceptors (Lipinski definition) is 4. The molecule has 29 heavy (non-hydrogen) atoms. The number of carbonyl (C=O) groups is 1. The van der Waals surface area contributed by atoms with Gasteiger partial charge in [-0.25, -0.2) is 13.1 Å². The molecule has 0 aliphatic carbocycles. The van der Waals surface area contributed by atoms with Crippen LogP contribution in [0.3, 0.4) is 0 Å². The zero-order chi connectivity index (χ0) is 21.0. The summed E-state index contributed by atoms with van der Waals surface area (Å²) in [4.78, 5) is 14.7. The van der Waals surface area contributed by atoms with E-state index < -0.39 is 10.0 Å². The van der Waals surface area contributed by atoms with Gasteiger partial charge in [-0.15, -0.1) is 0 Å². The molecule has 1 aliphatic rings. The normalized spacial score (nSPS) is 16.0. The Hall–Kier alpha value is -2.22. The van der Waals surface area contributed by atoms with E-state index in [1.54, 1.807) is 0 Å². The standard InChI is InChI=1S/C22H29N3O3S/c1-16-13-17(2)22(18(3)14-16)29(27,28)24-20-9-11-25(12-10-20)15-21(26)23-19-7-5-4-6-8-19/h4-8,13-14,20,24H,9-12,15H2,1-3H3,(H,23,26). The molecule has 1 aliphatic heterocycles. The second-order valence-electron chi connectivity index (χ2n) is 7.81. The van der Waals surface area contributed by atoms with E-state index in [1.807, 2.05) is 63.2 Å². The number of rotatable bonds is 6. The Morgan fingerprint density at radius 3 is 2.21 bits per heavy atom. The summed E-state index contributed by atoms with van der Waals surface area (Å²) in [6, 6.07) is 13.1. The molecule has 1 saturated heterocycles. The minimum Gasteiger partial charge on any atom is -0.325 e. The fraction of sp³-hybridized carbons (Fsp3) is 0.409. The van der Waals surface area contributed by atoms with E-state index in [9.17, 15) is 13.2 Å². The van der Waals surface area contributed by atoms with Gasteiger partial charge in [-0.3, -0.25) is 9.69 Å². The zero-order valence-electron chi connectivity index (χ0n) is 17.2. The first kappa shape index (κ1) is 21.5. The van der Waals surface area contributed by atoms with Crippen molar-refractivity contribution in [3.05, 3.63) is 59.2 Å². The highest BCUT2D eigenvalue weighted by Gasteiger charge is 2.27. The quantitative estimate of drug-likeness (QED) is 0.760. The Kier molecular flexibility index (Phi) is 6.72. The van der Waals surface area contributed by atoms with E-state index in [0.29, 0.717) is 37.4 Å². The number of piperidine rings is 1. The van der Waals surface area contributed by atoms with Gasteiger partial charge in [-0.05, 0) is 56.9 Å². The number of benzene rings is 2. The van der Waals surface area contributed by atoms with Crippen LogP contribution in [0.5, 0.6) is 0 Å². The van der Waals surface area contributed by atoms with Crippen LogP contribution in [-0.4, -0.2) is 44.9 Å². The molecule has 0 aromatic heterocycles. The molecular formula is C22H29N3O3S. The van der Waals surface area contributed by atoms with Crippen molar-refractivity contribution >= 4 is 21.6 Å². The summed E-state index contributed by atoms with van der Waals surface area (Å²) in [7, 11) is -3.57. The fourth-order valence-corrected chi connectivity index (χ4v) is 5.76.